The highest BCUT2D eigenvalue weighted by Gasteiger charge is 2.31. The molecule has 25 heavy (non-hydrogen) atoms. The van der Waals surface area contributed by atoms with Crippen molar-refractivity contribution < 1.29 is 13.9 Å². The van der Waals surface area contributed by atoms with E-state index >= 15 is 0 Å². The predicted octanol–water partition coefficient (Wildman–Crippen LogP) is 2.25. The summed E-state index contributed by atoms with van der Waals surface area (Å²) in [6.45, 7) is 4.09. The summed E-state index contributed by atoms with van der Waals surface area (Å²) in [6.07, 6.45) is 3.60. The molecule has 3 rings (SSSR count). The van der Waals surface area contributed by atoms with Gasteiger partial charge in [-0.25, -0.2) is 9.18 Å². The average Bonchev–Trinajstić information content (AvgIpc) is 2.65. The largest absolute Gasteiger partial charge is 0.468 e. The van der Waals surface area contributed by atoms with Crippen molar-refractivity contribution >= 4 is 5.97 Å². The SMILES string of the molecule is COC(=O)C(c1ccc(F)cc1)N1CCN(Cc2ccncc2)CC1. The zero-order valence-corrected chi connectivity index (χ0v) is 14.3. The van der Waals surface area contributed by atoms with Crippen LogP contribution in [0.2, 0.25) is 0 Å². The number of benzene rings is 1. The number of pyridine rings is 1. The Bertz CT molecular complexity index is 686. The predicted molar refractivity (Wildman–Crippen MR) is 92.2 cm³/mol. The number of carbonyl (C=O) groups excluding carboxylic acids is 1. The first-order valence-corrected chi connectivity index (χ1v) is 8.36. The van der Waals surface area contributed by atoms with Crippen LogP contribution in [0.3, 0.4) is 0 Å². The summed E-state index contributed by atoms with van der Waals surface area (Å²) in [5, 5.41) is 0. The van der Waals surface area contributed by atoms with Crippen molar-refractivity contribution in [3.63, 3.8) is 0 Å². The first-order chi connectivity index (χ1) is 12.2. The molecule has 0 amide bonds. The van der Waals surface area contributed by atoms with E-state index in [1.165, 1.54) is 24.8 Å². The smallest absolute Gasteiger partial charge is 0.327 e. The van der Waals surface area contributed by atoms with Gasteiger partial charge in [-0.3, -0.25) is 14.8 Å². The van der Waals surface area contributed by atoms with E-state index < -0.39 is 6.04 Å². The highest BCUT2D eigenvalue weighted by molar-refractivity contribution is 5.77. The van der Waals surface area contributed by atoms with E-state index in [0.29, 0.717) is 0 Å². The first-order valence-electron chi connectivity index (χ1n) is 8.36. The number of hydrogen-bond donors (Lipinski definition) is 0. The van der Waals surface area contributed by atoms with E-state index in [1.807, 2.05) is 12.1 Å². The maximum atomic E-state index is 13.2. The second-order valence-electron chi connectivity index (χ2n) is 6.14. The summed E-state index contributed by atoms with van der Waals surface area (Å²) < 4.78 is 18.2. The van der Waals surface area contributed by atoms with Crippen molar-refractivity contribution in [2.75, 3.05) is 33.3 Å². The van der Waals surface area contributed by atoms with Crippen LogP contribution in [0.25, 0.3) is 0 Å². The standard InChI is InChI=1S/C19H22FN3O2/c1-25-19(24)18(16-2-4-17(20)5-3-16)23-12-10-22(11-13-23)14-15-6-8-21-9-7-15/h2-9,18H,10-14H2,1H3. The number of hydrogen-bond acceptors (Lipinski definition) is 5. The Morgan fingerprint density at radius 1 is 1.12 bits per heavy atom. The molecule has 1 aliphatic heterocycles. The molecule has 0 saturated carbocycles. The molecular formula is C19H22FN3O2. The molecule has 1 aromatic carbocycles. The van der Waals surface area contributed by atoms with Crippen LogP contribution in [0.15, 0.2) is 48.8 Å². The van der Waals surface area contributed by atoms with Crippen LogP contribution >= 0.6 is 0 Å². The second kappa shape index (κ2) is 8.18. The average molecular weight is 343 g/mol. The van der Waals surface area contributed by atoms with Crippen molar-refractivity contribution in [2.45, 2.75) is 12.6 Å². The number of ether oxygens (including phenoxy) is 1. The molecule has 0 spiro atoms. The number of esters is 1. The minimum atomic E-state index is -0.492. The van der Waals surface area contributed by atoms with E-state index in [9.17, 15) is 9.18 Å². The third kappa shape index (κ3) is 4.41. The van der Waals surface area contributed by atoms with Gasteiger partial charge in [-0.1, -0.05) is 12.1 Å². The van der Waals surface area contributed by atoms with Crippen LogP contribution in [0.1, 0.15) is 17.2 Å². The van der Waals surface area contributed by atoms with Gasteiger partial charge >= 0.3 is 5.97 Å². The van der Waals surface area contributed by atoms with Gasteiger partial charge in [0.15, 0.2) is 0 Å². The molecule has 2 heterocycles. The Hall–Kier alpha value is -2.31. The summed E-state index contributed by atoms with van der Waals surface area (Å²) in [7, 11) is 1.39. The molecular weight excluding hydrogens is 321 g/mol. The molecule has 0 N–H and O–H groups in total. The van der Waals surface area contributed by atoms with Crippen molar-refractivity contribution in [2.24, 2.45) is 0 Å². The zero-order chi connectivity index (χ0) is 17.6. The van der Waals surface area contributed by atoms with Crippen molar-refractivity contribution in [1.82, 2.24) is 14.8 Å². The third-order valence-corrected chi connectivity index (χ3v) is 4.54. The topological polar surface area (TPSA) is 45.7 Å². The Balaban J connectivity index is 1.66. The fourth-order valence-electron chi connectivity index (χ4n) is 3.18. The lowest BCUT2D eigenvalue weighted by molar-refractivity contribution is -0.148. The minimum Gasteiger partial charge on any atom is -0.468 e. The quantitative estimate of drug-likeness (QED) is 0.779. The van der Waals surface area contributed by atoms with Gasteiger partial charge in [-0.15, -0.1) is 0 Å². The lowest BCUT2D eigenvalue weighted by Crippen LogP contribution is -2.49. The van der Waals surface area contributed by atoms with E-state index in [2.05, 4.69) is 14.8 Å². The van der Waals surface area contributed by atoms with Crippen LogP contribution in [0, 0.1) is 5.82 Å². The van der Waals surface area contributed by atoms with Crippen LogP contribution in [0.5, 0.6) is 0 Å². The maximum absolute atomic E-state index is 13.2. The second-order valence-corrected chi connectivity index (χ2v) is 6.14. The number of carbonyl (C=O) groups is 1. The Morgan fingerprint density at radius 2 is 1.76 bits per heavy atom. The minimum absolute atomic E-state index is 0.311. The third-order valence-electron chi connectivity index (χ3n) is 4.54. The number of rotatable bonds is 5. The molecule has 1 fully saturated rings. The van der Waals surface area contributed by atoms with Gasteiger partial charge in [0.2, 0.25) is 0 Å². The molecule has 1 unspecified atom stereocenters. The van der Waals surface area contributed by atoms with Crippen LogP contribution in [-0.2, 0) is 16.1 Å². The summed E-state index contributed by atoms with van der Waals surface area (Å²) in [5.74, 6) is -0.622. The van der Waals surface area contributed by atoms with E-state index in [0.717, 1.165) is 38.3 Å². The summed E-state index contributed by atoms with van der Waals surface area (Å²) in [4.78, 5) is 20.8. The Labute approximate surface area is 147 Å². The van der Waals surface area contributed by atoms with Crippen molar-refractivity contribution in [3.8, 4) is 0 Å². The molecule has 1 aromatic heterocycles. The van der Waals surface area contributed by atoms with Crippen LogP contribution < -0.4 is 0 Å². The number of methoxy groups -OCH3 is 1. The van der Waals surface area contributed by atoms with Crippen LogP contribution in [0.4, 0.5) is 4.39 Å². The van der Waals surface area contributed by atoms with Gasteiger partial charge in [0, 0.05) is 45.1 Å². The number of halogens is 1. The highest BCUT2D eigenvalue weighted by Crippen LogP contribution is 2.24. The zero-order valence-electron chi connectivity index (χ0n) is 14.3. The Morgan fingerprint density at radius 3 is 2.36 bits per heavy atom. The van der Waals surface area contributed by atoms with E-state index in [4.69, 9.17) is 4.74 Å². The normalized spacial score (nSPS) is 17.2. The lowest BCUT2D eigenvalue weighted by atomic mass is 10.0. The van der Waals surface area contributed by atoms with Crippen LogP contribution in [-0.4, -0.2) is 54.0 Å². The number of piperazine rings is 1. The molecule has 5 nitrogen and oxygen atoms in total. The van der Waals surface area contributed by atoms with Gasteiger partial charge in [0.1, 0.15) is 11.9 Å². The molecule has 0 bridgehead atoms. The first kappa shape index (κ1) is 17.5. The molecule has 0 aliphatic carbocycles. The fourth-order valence-corrected chi connectivity index (χ4v) is 3.18. The summed E-state index contributed by atoms with van der Waals surface area (Å²) >= 11 is 0. The highest BCUT2D eigenvalue weighted by atomic mass is 19.1. The molecule has 6 heteroatoms. The molecule has 0 radical (unpaired) electrons. The number of nitrogens with zero attached hydrogens (tertiary/aromatic N) is 3. The van der Waals surface area contributed by atoms with Gasteiger partial charge in [0.25, 0.3) is 0 Å². The molecule has 1 aliphatic rings. The van der Waals surface area contributed by atoms with Gasteiger partial charge in [-0.05, 0) is 35.4 Å². The van der Waals surface area contributed by atoms with Gasteiger partial charge in [-0.2, -0.15) is 0 Å². The summed E-state index contributed by atoms with van der Waals surface area (Å²) in [5.41, 5.74) is 1.99. The molecule has 1 saturated heterocycles. The lowest BCUT2D eigenvalue weighted by Gasteiger charge is -2.38. The van der Waals surface area contributed by atoms with E-state index in [-0.39, 0.29) is 11.8 Å². The number of aromatic nitrogens is 1. The monoisotopic (exact) mass is 343 g/mol. The van der Waals surface area contributed by atoms with Gasteiger partial charge < -0.3 is 4.74 Å². The molecule has 2 aromatic rings. The maximum Gasteiger partial charge on any atom is 0.327 e. The van der Waals surface area contributed by atoms with Gasteiger partial charge in [0.05, 0.1) is 7.11 Å². The Kier molecular flexibility index (Phi) is 5.73. The van der Waals surface area contributed by atoms with E-state index in [1.54, 1.807) is 24.5 Å². The van der Waals surface area contributed by atoms with Crippen molar-refractivity contribution in [3.05, 3.63) is 65.7 Å². The fraction of sp³-hybridized carbons (Fsp3) is 0.368. The molecule has 1 atom stereocenters. The summed E-state index contributed by atoms with van der Waals surface area (Å²) in [6, 6.07) is 9.61. The molecule has 132 valence electrons. The van der Waals surface area contributed by atoms with Crippen molar-refractivity contribution in [1.29, 1.82) is 0 Å².